The molecule has 9 heteroatoms. The second-order valence-electron chi connectivity index (χ2n) is 5.84. The van der Waals surface area contributed by atoms with Crippen molar-refractivity contribution in [3.63, 3.8) is 0 Å². The van der Waals surface area contributed by atoms with E-state index < -0.39 is 31.5 Å². The molecule has 1 aliphatic heterocycles. The van der Waals surface area contributed by atoms with Gasteiger partial charge in [-0.15, -0.1) is 0 Å². The number of carbonyl (C=O) groups excluding carboxylic acids is 1. The summed E-state index contributed by atoms with van der Waals surface area (Å²) in [7, 11) is 0. The summed E-state index contributed by atoms with van der Waals surface area (Å²) in [4.78, 5) is 22.1. The van der Waals surface area contributed by atoms with Gasteiger partial charge in [0.05, 0.1) is 12.2 Å². The molecule has 0 atom stereocenters. The Labute approximate surface area is 146 Å². The van der Waals surface area contributed by atoms with E-state index in [4.69, 9.17) is 0 Å². The number of carbonyl (C=O) groups is 1. The Hall–Kier alpha value is -2.55. The molecule has 0 N–H and O–H groups in total. The predicted molar refractivity (Wildman–Crippen MR) is 83.5 cm³/mol. The van der Waals surface area contributed by atoms with Gasteiger partial charge in [0, 0.05) is 23.9 Å². The molecule has 3 rings (SSSR count). The monoisotopic (exact) mass is 369 g/mol. The first-order chi connectivity index (χ1) is 12.4. The Balaban J connectivity index is 1.59. The van der Waals surface area contributed by atoms with Gasteiger partial charge in [0.15, 0.2) is 5.82 Å². The predicted octanol–water partition coefficient (Wildman–Crippen LogP) is 2.90. The van der Waals surface area contributed by atoms with Gasteiger partial charge in [0.25, 0.3) is 0 Å². The fourth-order valence-corrected chi connectivity index (χ4v) is 2.48. The van der Waals surface area contributed by atoms with Crippen LogP contribution >= 0.6 is 0 Å². The fourth-order valence-electron chi connectivity index (χ4n) is 2.48. The number of hydrogen-bond donors (Lipinski definition) is 0. The first kappa shape index (κ1) is 18.2. The maximum Gasteiger partial charge on any atom is 0.330 e. The molecule has 0 aliphatic carbocycles. The average molecular weight is 369 g/mol. The first-order valence-electron chi connectivity index (χ1n) is 7.78. The number of hydrogen-bond acceptors (Lipinski definition) is 4. The zero-order valence-corrected chi connectivity index (χ0v) is 13.5. The van der Waals surface area contributed by atoms with Gasteiger partial charge >= 0.3 is 12.3 Å². The lowest BCUT2D eigenvalue weighted by Crippen LogP contribution is -2.35. The molecule has 26 heavy (non-hydrogen) atoms. The van der Waals surface area contributed by atoms with E-state index in [-0.39, 0.29) is 13.1 Å². The van der Waals surface area contributed by atoms with Crippen LogP contribution in [-0.4, -0.2) is 46.3 Å². The lowest BCUT2D eigenvalue weighted by atomic mass is 10.2. The second-order valence-corrected chi connectivity index (χ2v) is 5.84. The molecule has 1 aliphatic rings. The number of ether oxygens (including phenoxy) is 1. The van der Waals surface area contributed by atoms with Crippen LogP contribution in [0.2, 0.25) is 0 Å². The number of halogens is 4. The topological polar surface area (TPSA) is 55.3 Å². The van der Waals surface area contributed by atoms with Crippen LogP contribution in [0.3, 0.4) is 0 Å². The normalized spacial score (nSPS) is 14.0. The summed E-state index contributed by atoms with van der Waals surface area (Å²) >= 11 is 0. The zero-order chi connectivity index (χ0) is 18.7. The summed E-state index contributed by atoms with van der Waals surface area (Å²) in [6.45, 7) is -1.80. The van der Waals surface area contributed by atoms with Crippen LogP contribution in [0.25, 0.3) is 11.4 Å². The van der Waals surface area contributed by atoms with Gasteiger partial charge in [0.1, 0.15) is 13.2 Å². The second kappa shape index (κ2) is 7.36. The van der Waals surface area contributed by atoms with Crippen molar-refractivity contribution >= 4 is 5.91 Å². The molecule has 1 aromatic carbocycles. The van der Waals surface area contributed by atoms with Crippen LogP contribution in [0.15, 0.2) is 36.5 Å². The molecule has 2 heterocycles. The van der Waals surface area contributed by atoms with E-state index in [1.165, 1.54) is 4.90 Å². The molecule has 0 bridgehead atoms. The van der Waals surface area contributed by atoms with Crippen molar-refractivity contribution in [2.24, 2.45) is 0 Å². The Morgan fingerprint density at radius 3 is 2.65 bits per heavy atom. The molecule has 0 saturated heterocycles. The molecule has 0 saturated carbocycles. The third-order valence-electron chi connectivity index (χ3n) is 3.88. The molecule has 5 nitrogen and oxygen atoms in total. The summed E-state index contributed by atoms with van der Waals surface area (Å²) in [5.41, 5.74) is 2.23. The Morgan fingerprint density at radius 2 is 1.96 bits per heavy atom. The van der Waals surface area contributed by atoms with Gasteiger partial charge in [-0.1, -0.05) is 30.3 Å². The number of fused-ring (bicyclic) bond motifs is 1. The van der Waals surface area contributed by atoms with Crippen LogP contribution in [0.1, 0.15) is 11.3 Å². The van der Waals surface area contributed by atoms with Crippen molar-refractivity contribution in [1.29, 1.82) is 0 Å². The molecule has 2 aromatic rings. The Morgan fingerprint density at radius 1 is 1.23 bits per heavy atom. The first-order valence-corrected chi connectivity index (χ1v) is 7.78. The minimum atomic E-state index is -4.27. The van der Waals surface area contributed by atoms with E-state index in [1.54, 1.807) is 6.20 Å². The van der Waals surface area contributed by atoms with Gasteiger partial charge in [0.2, 0.25) is 5.91 Å². The van der Waals surface area contributed by atoms with Crippen molar-refractivity contribution in [2.45, 2.75) is 25.4 Å². The van der Waals surface area contributed by atoms with E-state index in [2.05, 4.69) is 14.7 Å². The number of alkyl halides is 4. The van der Waals surface area contributed by atoms with E-state index in [9.17, 15) is 22.4 Å². The van der Waals surface area contributed by atoms with Gasteiger partial charge in [-0.2, -0.15) is 8.78 Å². The van der Waals surface area contributed by atoms with E-state index in [0.29, 0.717) is 11.5 Å². The number of aromatic nitrogens is 2. The lowest BCUT2D eigenvalue weighted by molar-refractivity contribution is -0.171. The Bertz CT molecular complexity index is 787. The van der Waals surface area contributed by atoms with Crippen molar-refractivity contribution in [3.8, 4) is 11.4 Å². The Kier molecular flexibility index (Phi) is 5.17. The summed E-state index contributed by atoms with van der Waals surface area (Å²) in [6.07, 6.45) is -2.22. The smallest absolute Gasteiger partial charge is 0.330 e. The summed E-state index contributed by atoms with van der Waals surface area (Å²) < 4.78 is 54.1. The van der Waals surface area contributed by atoms with Crippen molar-refractivity contribution < 1.29 is 27.1 Å². The van der Waals surface area contributed by atoms with Gasteiger partial charge in [-0.05, 0) is 0 Å². The van der Waals surface area contributed by atoms with Gasteiger partial charge in [-0.25, -0.2) is 18.7 Å². The lowest BCUT2D eigenvalue weighted by Gasteiger charge is -2.18. The maximum absolute atomic E-state index is 12.8. The molecule has 1 amide bonds. The quantitative estimate of drug-likeness (QED) is 0.735. The minimum absolute atomic E-state index is 0.186. The summed E-state index contributed by atoms with van der Waals surface area (Å²) in [5.74, 6) is -4.33. The molecule has 138 valence electrons. The van der Waals surface area contributed by atoms with E-state index in [0.717, 1.165) is 11.1 Å². The highest BCUT2D eigenvalue weighted by molar-refractivity contribution is 5.78. The molecule has 0 unspecified atom stereocenters. The standard InChI is InChI=1S/C17H15F4N3O2/c18-16(19)17(20,21)10-26-9-14(25)24-7-12-6-22-15(23-13(12)8-24)11-4-2-1-3-5-11/h1-6,16H,7-10H2. The third kappa shape index (κ3) is 3.98. The molecular formula is C17H15F4N3O2. The SMILES string of the molecule is O=C(COCC(F)(F)C(F)F)N1Cc2cnc(-c3ccccc3)nc2C1. The highest BCUT2D eigenvalue weighted by Gasteiger charge is 2.41. The van der Waals surface area contributed by atoms with Gasteiger partial charge < -0.3 is 9.64 Å². The summed E-state index contributed by atoms with van der Waals surface area (Å²) in [6, 6.07) is 9.30. The molecule has 0 radical (unpaired) electrons. The summed E-state index contributed by atoms with van der Waals surface area (Å²) in [5, 5.41) is 0. The molecule has 1 aromatic heterocycles. The van der Waals surface area contributed by atoms with E-state index in [1.807, 2.05) is 30.3 Å². The van der Waals surface area contributed by atoms with Crippen LogP contribution in [-0.2, 0) is 22.6 Å². The highest BCUT2D eigenvalue weighted by atomic mass is 19.3. The van der Waals surface area contributed by atoms with Crippen LogP contribution in [0, 0.1) is 0 Å². The number of amides is 1. The highest BCUT2D eigenvalue weighted by Crippen LogP contribution is 2.25. The average Bonchev–Trinajstić information content (AvgIpc) is 3.05. The zero-order valence-electron chi connectivity index (χ0n) is 13.5. The molecule has 0 spiro atoms. The third-order valence-corrected chi connectivity index (χ3v) is 3.88. The van der Waals surface area contributed by atoms with Crippen LogP contribution in [0.4, 0.5) is 17.6 Å². The van der Waals surface area contributed by atoms with Crippen LogP contribution in [0.5, 0.6) is 0 Å². The van der Waals surface area contributed by atoms with Crippen LogP contribution < -0.4 is 0 Å². The van der Waals surface area contributed by atoms with Crippen molar-refractivity contribution in [3.05, 3.63) is 47.8 Å². The maximum atomic E-state index is 12.8. The van der Waals surface area contributed by atoms with E-state index >= 15 is 0 Å². The molecule has 0 fully saturated rings. The number of benzene rings is 1. The largest absolute Gasteiger partial charge is 0.365 e. The fraction of sp³-hybridized carbons (Fsp3) is 0.353. The molecular weight excluding hydrogens is 354 g/mol. The minimum Gasteiger partial charge on any atom is -0.365 e. The van der Waals surface area contributed by atoms with Gasteiger partial charge in [-0.3, -0.25) is 4.79 Å². The number of nitrogens with zero attached hydrogens (tertiary/aromatic N) is 3. The number of rotatable bonds is 6. The van der Waals surface area contributed by atoms with Crippen molar-refractivity contribution in [2.75, 3.05) is 13.2 Å². The van der Waals surface area contributed by atoms with Crippen molar-refractivity contribution in [1.82, 2.24) is 14.9 Å².